The third-order valence-corrected chi connectivity index (χ3v) is 5.67. The molecule has 1 fully saturated rings. The maximum absolute atomic E-state index is 12.6. The topological polar surface area (TPSA) is 72.9 Å². The number of rotatable bonds is 5. The normalized spacial score (nSPS) is 17.2. The van der Waals surface area contributed by atoms with Gasteiger partial charge in [-0.25, -0.2) is 8.42 Å². The Bertz CT molecular complexity index is 603. The van der Waals surface area contributed by atoms with Crippen molar-refractivity contribution in [2.75, 3.05) is 26.8 Å². The number of nitrogens with zero attached hydrogens (tertiary/aromatic N) is 1. The molecule has 0 radical (unpaired) electrons. The SMILES string of the molecule is CCOc1ccc(S(=O)(=O)N2CCC(C(=O)OC)CC2)cc1. The van der Waals surface area contributed by atoms with E-state index in [9.17, 15) is 13.2 Å². The van der Waals surface area contributed by atoms with Gasteiger partial charge in [-0.05, 0) is 44.0 Å². The molecule has 1 heterocycles. The second kappa shape index (κ2) is 7.11. The molecule has 0 bridgehead atoms. The van der Waals surface area contributed by atoms with E-state index in [1.807, 2.05) is 6.92 Å². The number of carbonyl (C=O) groups excluding carboxylic acids is 1. The van der Waals surface area contributed by atoms with Crippen molar-refractivity contribution in [3.05, 3.63) is 24.3 Å². The van der Waals surface area contributed by atoms with Gasteiger partial charge in [0.15, 0.2) is 0 Å². The molecule has 22 heavy (non-hydrogen) atoms. The maximum Gasteiger partial charge on any atom is 0.308 e. The molecule has 1 aliphatic rings. The summed E-state index contributed by atoms with van der Waals surface area (Å²) < 4.78 is 36.6. The first-order valence-electron chi connectivity index (χ1n) is 7.30. The van der Waals surface area contributed by atoms with Crippen molar-refractivity contribution in [2.45, 2.75) is 24.7 Å². The Kier molecular flexibility index (Phi) is 5.42. The van der Waals surface area contributed by atoms with Crippen LogP contribution in [0.25, 0.3) is 0 Å². The number of benzene rings is 1. The molecule has 1 aromatic rings. The van der Waals surface area contributed by atoms with E-state index in [4.69, 9.17) is 9.47 Å². The van der Waals surface area contributed by atoms with Crippen LogP contribution in [-0.4, -0.2) is 45.5 Å². The van der Waals surface area contributed by atoms with Crippen LogP contribution in [0.5, 0.6) is 5.75 Å². The minimum atomic E-state index is -3.52. The predicted octanol–water partition coefficient (Wildman–Crippen LogP) is 1.66. The van der Waals surface area contributed by atoms with Crippen molar-refractivity contribution >= 4 is 16.0 Å². The van der Waals surface area contributed by atoms with E-state index < -0.39 is 10.0 Å². The molecule has 0 N–H and O–H groups in total. The Hall–Kier alpha value is -1.60. The lowest BCUT2D eigenvalue weighted by Crippen LogP contribution is -2.40. The molecule has 0 spiro atoms. The summed E-state index contributed by atoms with van der Waals surface area (Å²) in [7, 11) is -2.17. The van der Waals surface area contributed by atoms with Gasteiger partial charge in [0.25, 0.3) is 0 Å². The molecule has 0 aromatic heterocycles. The highest BCUT2D eigenvalue weighted by Crippen LogP contribution is 2.25. The number of hydrogen-bond donors (Lipinski definition) is 0. The highest BCUT2D eigenvalue weighted by Gasteiger charge is 2.32. The van der Waals surface area contributed by atoms with Crippen molar-refractivity contribution in [3.63, 3.8) is 0 Å². The fourth-order valence-electron chi connectivity index (χ4n) is 2.52. The quantitative estimate of drug-likeness (QED) is 0.769. The number of hydrogen-bond acceptors (Lipinski definition) is 5. The number of methoxy groups -OCH3 is 1. The molecule has 6 nitrogen and oxygen atoms in total. The summed E-state index contributed by atoms with van der Waals surface area (Å²) in [6.45, 7) is 3.06. The van der Waals surface area contributed by atoms with Gasteiger partial charge in [-0.2, -0.15) is 4.31 Å². The molecule has 0 amide bonds. The smallest absolute Gasteiger partial charge is 0.308 e. The van der Waals surface area contributed by atoms with Crippen molar-refractivity contribution in [1.29, 1.82) is 0 Å². The standard InChI is InChI=1S/C15H21NO5S/c1-3-21-13-4-6-14(7-5-13)22(18,19)16-10-8-12(9-11-16)15(17)20-2/h4-7,12H,3,8-11H2,1-2H3. The van der Waals surface area contributed by atoms with Crippen LogP contribution in [0.15, 0.2) is 29.2 Å². The number of sulfonamides is 1. The molecule has 0 atom stereocenters. The lowest BCUT2D eigenvalue weighted by molar-refractivity contribution is -0.146. The Morgan fingerprint density at radius 3 is 2.32 bits per heavy atom. The summed E-state index contributed by atoms with van der Waals surface area (Å²) >= 11 is 0. The van der Waals surface area contributed by atoms with Crippen molar-refractivity contribution in [1.82, 2.24) is 4.31 Å². The summed E-state index contributed by atoms with van der Waals surface area (Å²) in [4.78, 5) is 11.7. The minimum absolute atomic E-state index is 0.211. The molecular formula is C15H21NO5S. The van der Waals surface area contributed by atoms with Gasteiger partial charge >= 0.3 is 5.97 Å². The van der Waals surface area contributed by atoms with Gasteiger partial charge in [0.05, 0.1) is 24.5 Å². The third kappa shape index (κ3) is 3.59. The minimum Gasteiger partial charge on any atom is -0.494 e. The van der Waals surface area contributed by atoms with E-state index >= 15 is 0 Å². The Balaban J connectivity index is 2.06. The van der Waals surface area contributed by atoms with E-state index in [2.05, 4.69) is 0 Å². The first-order valence-corrected chi connectivity index (χ1v) is 8.74. The zero-order valence-corrected chi connectivity index (χ0v) is 13.6. The molecule has 1 aromatic carbocycles. The number of esters is 1. The fourth-order valence-corrected chi connectivity index (χ4v) is 3.99. The van der Waals surface area contributed by atoms with Gasteiger partial charge in [0, 0.05) is 13.1 Å². The highest BCUT2D eigenvalue weighted by molar-refractivity contribution is 7.89. The predicted molar refractivity (Wildman–Crippen MR) is 81.1 cm³/mol. The Labute approximate surface area is 131 Å². The molecule has 0 unspecified atom stereocenters. The Morgan fingerprint density at radius 1 is 1.23 bits per heavy atom. The molecule has 122 valence electrons. The lowest BCUT2D eigenvalue weighted by Gasteiger charge is -2.29. The summed E-state index contributed by atoms with van der Waals surface area (Å²) in [5.74, 6) is 0.167. The van der Waals surface area contributed by atoms with Gasteiger partial charge in [0.1, 0.15) is 5.75 Å². The summed E-state index contributed by atoms with van der Waals surface area (Å²) in [5.41, 5.74) is 0. The average Bonchev–Trinajstić information content (AvgIpc) is 2.55. The van der Waals surface area contributed by atoms with Crippen LogP contribution in [0.2, 0.25) is 0 Å². The van der Waals surface area contributed by atoms with E-state index in [1.54, 1.807) is 24.3 Å². The molecule has 1 aliphatic heterocycles. The van der Waals surface area contributed by atoms with Gasteiger partial charge < -0.3 is 9.47 Å². The number of piperidine rings is 1. The highest BCUT2D eigenvalue weighted by atomic mass is 32.2. The lowest BCUT2D eigenvalue weighted by atomic mass is 9.99. The number of ether oxygens (including phenoxy) is 2. The third-order valence-electron chi connectivity index (χ3n) is 3.76. The second-order valence-corrected chi connectivity index (χ2v) is 7.04. The molecule has 7 heteroatoms. The van der Waals surface area contributed by atoms with Gasteiger partial charge in [-0.15, -0.1) is 0 Å². The first-order chi connectivity index (χ1) is 10.5. The first kappa shape index (κ1) is 16.8. The van der Waals surface area contributed by atoms with Crippen LogP contribution < -0.4 is 4.74 Å². The molecule has 0 aliphatic carbocycles. The van der Waals surface area contributed by atoms with Crippen molar-refractivity contribution in [3.8, 4) is 5.75 Å². The summed E-state index contributed by atoms with van der Waals surface area (Å²) in [6.07, 6.45) is 0.978. The van der Waals surface area contributed by atoms with Crippen LogP contribution in [0, 0.1) is 5.92 Å². The largest absolute Gasteiger partial charge is 0.494 e. The van der Waals surface area contributed by atoms with E-state index in [0.717, 1.165) is 0 Å². The van der Waals surface area contributed by atoms with E-state index in [0.29, 0.717) is 38.3 Å². The average molecular weight is 327 g/mol. The van der Waals surface area contributed by atoms with Crippen LogP contribution in [0.3, 0.4) is 0 Å². The van der Waals surface area contributed by atoms with Crippen molar-refractivity contribution < 1.29 is 22.7 Å². The molecular weight excluding hydrogens is 306 g/mol. The van der Waals surface area contributed by atoms with E-state index in [-0.39, 0.29) is 16.8 Å². The van der Waals surface area contributed by atoms with Gasteiger partial charge in [-0.1, -0.05) is 0 Å². The monoisotopic (exact) mass is 327 g/mol. The van der Waals surface area contributed by atoms with Gasteiger partial charge in [-0.3, -0.25) is 4.79 Å². The van der Waals surface area contributed by atoms with E-state index in [1.165, 1.54) is 11.4 Å². The zero-order chi connectivity index (χ0) is 16.2. The van der Waals surface area contributed by atoms with Crippen LogP contribution in [0.4, 0.5) is 0 Å². The zero-order valence-electron chi connectivity index (χ0n) is 12.8. The number of carbonyl (C=O) groups is 1. The molecule has 0 saturated carbocycles. The fraction of sp³-hybridized carbons (Fsp3) is 0.533. The summed E-state index contributed by atoms with van der Waals surface area (Å²) in [5, 5.41) is 0. The van der Waals surface area contributed by atoms with Crippen molar-refractivity contribution in [2.24, 2.45) is 5.92 Å². The Morgan fingerprint density at radius 2 is 1.82 bits per heavy atom. The molecule has 1 saturated heterocycles. The van der Waals surface area contributed by atoms with Crippen LogP contribution in [0.1, 0.15) is 19.8 Å². The molecule has 2 rings (SSSR count). The maximum atomic E-state index is 12.6. The summed E-state index contributed by atoms with van der Waals surface area (Å²) in [6, 6.07) is 6.40. The van der Waals surface area contributed by atoms with Gasteiger partial charge in [0.2, 0.25) is 10.0 Å². The second-order valence-electron chi connectivity index (χ2n) is 5.11. The van der Waals surface area contributed by atoms with Crippen LogP contribution in [-0.2, 0) is 19.6 Å². The van der Waals surface area contributed by atoms with Crippen LogP contribution >= 0.6 is 0 Å².